The zero-order valence-corrected chi connectivity index (χ0v) is 14.1. The topological polar surface area (TPSA) is 101 Å². The summed E-state index contributed by atoms with van der Waals surface area (Å²) in [6.07, 6.45) is 0.998. The van der Waals surface area contributed by atoms with Crippen LogP contribution in [0.5, 0.6) is 0 Å². The van der Waals surface area contributed by atoms with Gasteiger partial charge in [0.05, 0.1) is 6.42 Å². The number of nitrogens with one attached hydrogen (secondary N) is 2. The minimum absolute atomic E-state index is 0.0784. The van der Waals surface area contributed by atoms with Crippen molar-refractivity contribution in [2.24, 2.45) is 5.73 Å². The average Bonchev–Trinajstić information content (AvgIpc) is 3.04. The highest BCUT2D eigenvalue weighted by Crippen LogP contribution is 2.20. The largest absolute Gasteiger partial charge is 0.356 e. The Morgan fingerprint density at radius 1 is 1.17 bits per heavy atom. The van der Waals surface area contributed by atoms with Gasteiger partial charge < -0.3 is 11.1 Å². The van der Waals surface area contributed by atoms with Gasteiger partial charge in [-0.3, -0.25) is 9.52 Å². The lowest BCUT2D eigenvalue weighted by Crippen LogP contribution is -2.27. The SMILES string of the molecule is NCCCNC(=O)Cc1ccc(NS(=O)(=O)c2cccs2)cc1. The molecule has 0 bridgehead atoms. The molecule has 2 rings (SSSR count). The van der Waals surface area contributed by atoms with E-state index < -0.39 is 10.0 Å². The number of amides is 1. The lowest BCUT2D eigenvalue weighted by Gasteiger charge is -2.08. The van der Waals surface area contributed by atoms with Crippen molar-refractivity contribution in [3.8, 4) is 0 Å². The van der Waals surface area contributed by atoms with Crippen molar-refractivity contribution in [3.05, 3.63) is 47.3 Å². The molecule has 1 aromatic carbocycles. The van der Waals surface area contributed by atoms with Crippen LogP contribution in [0.1, 0.15) is 12.0 Å². The van der Waals surface area contributed by atoms with Gasteiger partial charge in [0, 0.05) is 12.2 Å². The van der Waals surface area contributed by atoms with Gasteiger partial charge in [-0.2, -0.15) is 0 Å². The summed E-state index contributed by atoms with van der Waals surface area (Å²) in [5.74, 6) is -0.0784. The maximum atomic E-state index is 12.1. The average molecular weight is 353 g/mol. The maximum absolute atomic E-state index is 12.1. The Morgan fingerprint density at radius 3 is 2.52 bits per heavy atom. The first-order chi connectivity index (χ1) is 11.0. The van der Waals surface area contributed by atoms with E-state index in [-0.39, 0.29) is 16.5 Å². The van der Waals surface area contributed by atoms with E-state index in [1.54, 1.807) is 41.8 Å². The summed E-state index contributed by atoms with van der Waals surface area (Å²) in [6.45, 7) is 1.10. The highest BCUT2D eigenvalue weighted by atomic mass is 32.2. The lowest BCUT2D eigenvalue weighted by atomic mass is 10.1. The van der Waals surface area contributed by atoms with E-state index >= 15 is 0 Å². The first-order valence-electron chi connectivity index (χ1n) is 7.13. The fourth-order valence-electron chi connectivity index (χ4n) is 1.89. The van der Waals surface area contributed by atoms with Crippen molar-refractivity contribution in [1.82, 2.24) is 5.32 Å². The zero-order chi connectivity index (χ0) is 16.7. The van der Waals surface area contributed by atoms with Crippen molar-refractivity contribution in [2.45, 2.75) is 17.1 Å². The van der Waals surface area contributed by atoms with Crippen LogP contribution in [0.2, 0.25) is 0 Å². The van der Waals surface area contributed by atoms with Crippen molar-refractivity contribution in [1.29, 1.82) is 0 Å². The normalized spacial score (nSPS) is 11.2. The quantitative estimate of drug-likeness (QED) is 0.627. The molecule has 0 atom stereocenters. The van der Waals surface area contributed by atoms with Crippen LogP contribution >= 0.6 is 11.3 Å². The molecule has 0 saturated carbocycles. The molecule has 0 aliphatic carbocycles. The van der Waals surface area contributed by atoms with Crippen molar-refractivity contribution < 1.29 is 13.2 Å². The van der Waals surface area contributed by atoms with Crippen LogP contribution in [0.15, 0.2) is 46.0 Å². The minimum atomic E-state index is -3.54. The number of nitrogens with two attached hydrogens (primary N) is 1. The van der Waals surface area contributed by atoms with E-state index in [1.807, 2.05) is 0 Å². The second kappa shape index (κ2) is 8.09. The van der Waals surface area contributed by atoms with Gasteiger partial charge in [0.15, 0.2) is 0 Å². The third kappa shape index (κ3) is 5.34. The minimum Gasteiger partial charge on any atom is -0.356 e. The Balaban J connectivity index is 1.93. The molecule has 0 spiro atoms. The maximum Gasteiger partial charge on any atom is 0.271 e. The third-order valence-corrected chi connectivity index (χ3v) is 5.81. The molecule has 6 nitrogen and oxygen atoms in total. The first-order valence-corrected chi connectivity index (χ1v) is 9.49. The molecule has 0 saturated heterocycles. The van der Waals surface area contributed by atoms with E-state index in [2.05, 4.69) is 10.0 Å². The molecule has 0 radical (unpaired) electrons. The van der Waals surface area contributed by atoms with Crippen molar-refractivity contribution >= 4 is 33.0 Å². The molecule has 0 aliphatic rings. The second-order valence-corrected chi connectivity index (χ2v) is 7.76. The number of hydrogen-bond donors (Lipinski definition) is 3. The fraction of sp³-hybridized carbons (Fsp3) is 0.267. The van der Waals surface area contributed by atoms with Crippen LogP contribution in [0, 0.1) is 0 Å². The van der Waals surface area contributed by atoms with E-state index in [0.29, 0.717) is 18.8 Å². The summed E-state index contributed by atoms with van der Waals surface area (Å²) in [5, 5.41) is 4.48. The second-order valence-electron chi connectivity index (χ2n) is 4.90. The molecule has 0 aliphatic heterocycles. The van der Waals surface area contributed by atoms with Crippen LogP contribution in [0.4, 0.5) is 5.69 Å². The van der Waals surface area contributed by atoms with E-state index in [1.165, 1.54) is 0 Å². The Labute approximate surface area is 139 Å². The molecule has 23 heavy (non-hydrogen) atoms. The molecule has 0 fully saturated rings. The molecule has 0 unspecified atom stereocenters. The molecule has 1 aromatic heterocycles. The number of benzene rings is 1. The molecule has 124 valence electrons. The highest BCUT2D eigenvalue weighted by molar-refractivity contribution is 7.94. The van der Waals surface area contributed by atoms with E-state index in [0.717, 1.165) is 23.3 Å². The van der Waals surface area contributed by atoms with Gasteiger partial charge in [-0.1, -0.05) is 18.2 Å². The zero-order valence-electron chi connectivity index (χ0n) is 12.5. The molecule has 1 amide bonds. The first kappa shape index (κ1) is 17.5. The molecule has 2 aromatic rings. The van der Waals surface area contributed by atoms with Gasteiger partial charge in [0.1, 0.15) is 4.21 Å². The van der Waals surface area contributed by atoms with Gasteiger partial charge in [-0.15, -0.1) is 11.3 Å². The summed E-state index contributed by atoms with van der Waals surface area (Å²) in [6, 6.07) is 9.99. The number of sulfonamides is 1. The summed E-state index contributed by atoms with van der Waals surface area (Å²) < 4.78 is 27.0. The van der Waals surface area contributed by atoms with Crippen molar-refractivity contribution in [2.75, 3.05) is 17.8 Å². The Bertz CT molecular complexity index is 726. The number of carbonyl (C=O) groups is 1. The van der Waals surface area contributed by atoms with Crippen LogP contribution in [-0.4, -0.2) is 27.4 Å². The van der Waals surface area contributed by atoms with Gasteiger partial charge in [0.25, 0.3) is 10.0 Å². The van der Waals surface area contributed by atoms with Gasteiger partial charge >= 0.3 is 0 Å². The predicted octanol–water partition coefficient (Wildman–Crippen LogP) is 1.56. The summed E-state index contributed by atoms with van der Waals surface area (Å²) in [5.41, 5.74) is 6.64. The van der Waals surface area contributed by atoms with Gasteiger partial charge in [-0.25, -0.2) is 8.42 Å². The smallest absolute Gasteiger partial charge is 0.271 e. The number of carbonyl (C=O) groups excluding carboxylic acids is 1. The summed E-state index contributed by atoms with van der Waals surface area (Å²) in [4.78, 5) is 11.7. The lowest BCUT2D eigenvalue weighted by molar-refractivity contribution is -0.120. The Morgan fingerprint density at radius 2 is 1.91 bits per heavy atom. The molecule has 1 heterocycles. The summed E-state index contributed by atoms with van der Waals surface area (Å²) in [7, 11) is -3.54. The number of anilines is 1. The Kier molecular flexibility index (Phi) is 6.14. The third-order valence-electron chi connectivity index (χ3n) is 3.03. The molecule has 8 heteroatoms. The fourth-order valence-corrected chi connectivity index (χ4v) is 3.94. The standard InChI is InChI=1S/C15H19N3O3S2/c16-8-2-9-17-14(19)11-12-4-6-13(7-5-12)18-23(20,21)15-3-1-10-22-15/h1,3-7,10,18H,2,8-9,11,16H2,(H,17,19). The van der Waals surface area contributed by atoms with Crippen LogP contribution in [-0.2, 0) is 21.2 Å². The molecule has 4 N–H and O–H groups in total. The highest BCUT2D eigenvalue weighted by Gasteiger charge is 2.15. The number of rotatable bonds is 8. The predicted molar refractivity (Wildman–Crippen MR) is 92.0 cm³/mol. The number of thiophene rings is 1. The van der Waals surface area contributed by atoms with Crippen LogP contribution < -0.4 is 15.8 Å². The number of hydrogen-bond acceptors (Lipinski definition) is 5. The monoisotopic (exact) mass is 353 g/mol. The molecular formula is C15H19N3O3S2. The van der Waals surface area contributed by atoms with E-state index in [4.69, 9.17) is 5.73 Å². The Hall–Kier alpha value is -1.90. The van der Waals surface area contributed by atoms with Crippen LogP contribution in [0.25, 0.3) is 0 Å². The summed E-state index contributed by atoms with van der Waals surface area (Å²) >= 11 is 1.16. The molecular weight excluding hydrogens is 334 g/mol. The van der Waals surface area contributed by atoms with E-state index in [9.17, 15) is 13.2 Å². The van der Waals surface area contributed by atoms with Crippen molar-refractivity contribution in [3.63, 3.8) is 0 Å². The van der Waals surface area contributed by atoms with Gasteiger partial charge in [-0.05, 0) is 42.1 Å². The van der Waals surface area contributed by atoms with Gasteiger partial charge in [0.2, 0.25) is 5.91 Å². The van der Waals surface area contributed by atoms with Crippen LogP contribution in [0.3, 0.4) is 0 Å².